The van der Waals surface area contributed by atoms with Gasteiger partial charge in [0.25, 0.3) is 0 Å². The minimum Gasteiger partial charge on any atom is -0.434 e. The fourth-order valence-corrected chi connectivity index (χ4v) is 0.947. The first-order chi connectivity index (χ1) is 8.37. The second-order valence-electron chi connectivity index (χ2n) is 4.50. The number of unbranched alkanes of at least 4 members (excludes halogenated alkanes) is 1. The lowest BCUT2D eigenvalue weighted by Crippen LogP contribution is -2.32. The highest BCUT2D eigenvalue weighted by molar-refractivity contribution is 5.60. The molecule has 1 atom stereocenters. The molecule has 0 bridgehead atoms. The molecule has 0 radical (unpaired) electrons. The summed E-state index contributed by atoms with van der Waals surface area (Å²) in [6.45, 7) is 7.29. The monoisotopic (exact) mass is 264 g/mol. The molecule has 6 nitrogen and oxygen atoms in total. The van der Waals surface area contributed by atoms with Crippen LogP contribution in [0, 0.1) is 0 Å². The van der Waals surface area contributed by atoms with E-state index < -0.39 is 18.0 Å². The molecule has 0 rings (SSSR count). The fraction of sp³-hybridized carbons (Fsp3) is 0.917. The molecule has 0 aromatic carbocycles. The van der Waals surface area contributed by atoms with Crippen molar-refractivity contribution in [1.82, 2.24) is 0 Å². The SMILES string of the molecule is CCCCOOC(C)(C)OC(=O)OCCC(C)O. The average molecular weight is 264 g/mol. The third-order valence-electron chi connectivity index (χ3n) is 1.93. The highest BCUT2D eigenvalue weighted by atomic mass is 17.2. The number of hydrogen-bond donors (Lipinski definition) is 1. The van der Waals surface area contributed by atoms with Crippen LogP contribution in [0.4, 0.5) is 4.79 Å². The standard InChI is InChI=1S/C12H24O6/c1-5-6-8-16-18-12(3,4)17-11(14)15-9-7-10(2)13/h10,13H,5-9H2,1-4H3. The van der Waals surface area contributed by atoms with Crippen molar-refractivity contribution in [1.29, 1.82) is 0 Å². The molecule has 0 spiro atoms. The Labute approximate surface area is 108 Å². The zero-order valence-electron chi connectivity index (χ0n) is 11.6. The predicted octanol–water partition coefficient (Wildman–Crippen LogP) is 2.39. The summed E-state index contributed by atoms with van der Waals surface area (Å²) < 4.78 is 9.67. The Kier molecular flexibility index (Phi) is 8.70. The van der Waals surface area contributed by atoms with E-state index in [0.29, 0.717) is 13.0 Å². The maximum Gasteiger partial charge on any atom is 0.510 e. The molecular weight excluding hydrogens is 240 g/mol. The Morgan fingerprint density at radius 2 is 2.00 bits per heavy atom. The summed E-state index contributed by atoms with van der Waals surface area (Å²) in [5.41, 5.74) is 0. The molecule has 0 heterocycles. The normalized spacial score (nSPS) is 13.2. The van der Waals surface area contributed by atoms with Crippen LogP contribution < -0.4 is 0 Å². The van der Waals surface area contributed by atoms with E-state index in [-0.39, 0.29) is 6.61 Å². The van der Waals surface area contributed by atoms with E-state index in [9.17, 15) is 4.79 Å². The average Bonchev–Trinajstić information content (AvgIpc) is 2.23. The van der Waals surface area contributed by atoms with Gasteiger partial charge in [0.05, 0.1) is 19.3 Å². The summed E-state index contributed by atoms with van der Waals surface area (Å²) in [5, 5.41) is 8.99. The summed E-state index contributed by atoms with van der Waals surface area (Å²) >= 11 is 0. The van der Waals surface area contributed by atoms with Gasteiger partial charge in [0.15, 0.2) is 0 Å². The highest BCUT2D eigenvalue weighted by Crippen LogP contribution is 2.13. The Morgan fingerprint density at radius 3 is 2.56 bits per heavy atom. The molecule has 108 valence electrons. The lowest BCUT2D eigenvalue weighted by Gasteiger charge is -2.23. The van der Waals surface area contributed by atoms with Gasteiger partial charge in [-0.2, -0.15) is 4.89 Å². The van der Waals surface area contributed by atoms with Crippen LogP contribution in [0.15, 0.2) is 0 Å². The quantitative estimate of drug-likeness (QED) is 0.226. The van der Waals surface area contributed by atoms with E-state index in [4.69, 9.17) is 24.4 Å². The summed E-state index contributed by atoms with van der Waals surface area (Å²) in [7, 11) is 0. The van der Waals surface area contributed by atoms with E-state index in [1.54, 1.807) is 20.8 Å². The van der Waals surface area contributed by atoms with Crippen molar-refractivity contribution >= 4 is 6.16 Å². The molecule has 0 aliphatic carbocycles. The van der Waals surface area contributed by atoms with Crippen molar-refractivity contribution in [2.45, 2.75) is 58.8 Å². The second kappa shape index (κ2) is 9.13. The van der Waals surface area contributed by atoms with Crippen molar-refractivity contribution in [2.24, 2.45) is 0 Å². The minimum absolute atomic E-state index is 0.100. The van der Waals surface area contributed by atoms with Gasteiger partial charge in [0, 0.05) is 20.3 Å². The molecule has 1 unspecified atom stereocenters. The molecule has 0 amide bonds. The zero-order chi connectivity index (χ0) is 14.0. The number of hydrogen-bond acceptors (Lipinski definition) is 6. The van der Waals surface area contributed by atoms with Crippen LogP contribution in [0.2, 0.25) is 0 Å². The molecule has 0 aromatic rings. The molecule has 0 fully saturated rings. The lowest BCUT2D eigenvalue weighted by atomic mass is 10.3. The van der Waals surface area contributed by atoms with E-state index in [1.165, 1.54) is 0 Å². The Morgan fingerprint density at radius 1 is 1.33 bits per heavy atom. The minimum atomic E-state index is -1.20. The predicted molar refractivity (Wildman–Crippen MR) is 64.8 cm³/mol. The number of rotatable bonds is 9. The number of carbonyl (C=O) groups is 1. The van der Waals surface area contributed by atoms with E-state index in [1.807, 2.05) is 6.92 Å². The van der Waals surface area contributed by atoms with Crippen LogP contribution in [0.25, 0.3) is 0 Å². The number of ether oxygens (including phenoxy) is 2. The van der Waals surface area contributed by atoms with Gasteiger partial charge in [-0.25, -0.2) is 9.68 Å². The number of aliphatic hydroxyl groups is 1. The van der Waals surface area contributed by atoms with Gasteiger partial charge < -0.3 is 14.6 Å². The van der Waals surface area contributed by atoms with Crippen LogP contribution in [0.1, 0.15) is 47.0 Å². The highest BCUT2D eigenvalue weighted by Gasteiger charge is 2.26. The van der Waals surface area contributed by atoms with Gasteiger partial charge in [0.1, 0.15) is 0 Å². The molecular formula is C12H24O6. The van der Waals surface area contributed by atoms with Gasteiger partial charge in [-0.3, -0.25) is 0 Å². The van der Waals surface area contributed by atoms with Gasteiger partial charge in [-0.15, -0.1) is 0 Å². The smallest absolute Gasteiger partial charge is 0.434 e. The van der Waals surface area contributed by atoms with Crippen molar-refractivity contribution in [3.8, 4) is 0 Å². The zero-order valence-corrected chi connectivity index (χ0v) is 11.6. The summed E-state index contributed by atoms with van der Waals surface area (Å²) in [5.74, 6) is -1.20. The van der Waals surface area contributed by atoms with Crippen molar-refractivity contribution in [2.75, 3.05) is 13.2 Å². The third kappa shape index (κ3) is 10.3. The first-order valence-electron chi connectivity index (χ1n) is 6.22. The maximum absolute atomic E-state index is 11.3. The molecule has 0 aromatic heterocycles. The van der Waals surface area contributed by atoms with E-state index in [2.05, 4.69) is 0 Å². The lowest BCUT2D eigenvalue weighted by molar-refractivity contribution is -0.407. The van der Waals surface area contributed by atoms with Gasteiger partial charge >= 0.3 is 6.16 Å². The number of aliphatic hydroxyl groups excluding tert-OH is 1. The second-order valence-corrected chi connectivity index (χ2v) is 4.50. The first-order valence-corrected chi connectivity index (χ1v) is 6.22. The number of carbonyl (C=O) groups excluding carboxylic acids is 1. The largest absolute Gasteiger partial charge is 0.510 e. The van der Waals surface area contributed by atoms with E-state index in [0.717, 1.165) is 12.8 Å². The molecule has 0 saturated carbocycles. The van der Waals surface area contributed by atoms with Gasteiger partial charge in [-0.1, -0.05) is 13.3 Å². The van der Waals surface area contributed by atoms with Crippen LogP contribution in [0.3, 0.4) is 0 Å². The first kappa shape index (κ1) is 17.2. The summed E-state index contributed by atoms with van der Waals surface area (Å²) in [4.78, 5) is 21.1. The van der Waals surface area contributed by atoms with Crippen LogP contribution in [-0.4, -0.2) is 36.4 Å². The van der Waals surface area contributed by atoms with Crippen LogP contribution in [-0.2, 0) is 19.2 Å². The molecule has 6 heteroatoms. The Hall–Kier alpha value is -0.850. The molecule has 18 heavy (non-hydrogen) atoms. The third-order valence-corrected chi connectivity index (χ3v) is 1.93. The van der Waals surface area contributed by atoms with E-state index >= 15 is 0 Å². The topological polar surface area (TPSA) is 74.2 Å². The van der Waals surface area contributed by atoms with Crippen molar-refractivity contribution < 1.29 is 29.1 Å². The summed E-state index contributed by atoms with van der Waals surface area (Å²) in [6, 6.07) is 0. The Bertz CT molecular complexity index is 227. The molecule has 1 N–H and O–H groups in total. The fourth-order valence-electron chi connectivity index (χ4n) is 0.947. The van der Waals surface area contributed by atoms with Crippen molar-refractivity contribution in [3.05, 3.63) is 0 Å². The van der Waals surface area contributed by atoms with Crippen molar-refractivity contribution in [3.63, 3.8) is 0 Å². The van der Waals surface area contributed by atoms with Gasteiger partial charge in [-0.05, 0) is 13.3 Å². The van der Waals surface area contributed by atoms with Gasteiger partial charge in [0.2, 0.25) is 5.79 Å². The molecule has 0 aliphatic rings. The molecule has 0 aliphatic heterocycles. The Balaban J connectivity index is 3.74. The summed E-state index contributed by atoms with van der Waals surface area (Å²) in [6.07, 6.45) is 0.865. The maximum atomic E-state index is 11.3. The van der Waals surface area contributed by atoms with Crippen LogP contribution in [0.5, 0.6) is 0 Å². The van der Waals surface area contributed by atoms with Crippen LogP contribution >= 0.6 is 0 Å². The molecule has 0 saturated heterocycles.